The lowest BCUT2D eigenvalue weighted by atomic mass is 9.64. The minimum Gasteiger partial charge on any atom is -0.496 e. The monoisotopic (exact) mass is 652 g/mol. The number of para-hydroxylation sites is 1. The highest BCUT2D eigenvalue weighted by molar-refractivity contribution is 5.97. The fourth-order valence-corrected chi connectivity index (χ4v) is 10.1. The van der Waals surface area contributed by atoms with E-state index in [2.05, 4.69) is 18.2 Å². The van der Waals surface area contributed by atoms with Crippen LogP contribution in [0, 0.1) is 40.9 Å². The Hall–Kier alpha value is -3.08. The van der Waals surface area contributed by atoms with Crippen molar-refractivity contribution in [2.45, 2.75) is 122 Å². The molecule has 0 saturated heterocycles. The molecule has 0 bridgehead atoms. The van der Waals surface area contributed by atoms with E-state index in [1.807, 2.05) is 37.3 Å². The summed E-state index contributed by atoms with van der Waals surface area (Å²) in [5.41, 5.74) is 2.27. The third-order valence-electron chi connectivity index (χ3n) is 12.9. The molecule has 258 valence electrons. The van der Waals surface area contributed by atoms with Crippen LogP contribution < -0.4 is 4.74 Å². The maximum Gasteiger partial charge on any atom is 0.142 e. The quantitative estimate of drug-likeness (QED) is 0.229. The molecule has 4 aliphatic carbocycles. The molecule has 0 aliphatic heterocycles. The first-order valence-corrected chi connectivity index (χ1v) is 19.0. The van der Waals surface area contributed by atoms with Crippen molar-refractivity contribution in [3.63, 3.8) is 0 Å². The number of rotatable bonds is 12. The van der Waals surface area contributed by atoms with Gasteiger partial charge < -0.3 is 4.74 Å². The van der Waals surface area contributed by atoms with Gasteiger partial charge in [-0.25, -0.2) is 0 Å². The summed E-state index contributed by atoms with van der Waals surface area (Å²) in [4.78, 5) is 55.3. The van der Waals surface area contributed by atoms with Gasteiger partial charge in [0.05, 0.1) is 7.11 Å². The Morgan fingerprint density at radius 2 is 1.31 bits per heavy atom. The summed E-state index contributed by atoms with van der Waals surface area (Å²) < 4.78 is 5.50. The number of hydrogen-bond donors (Lipinski definition) is 0. The van der Waals surface area contributed by atoms with Gasteiger partial charge in [-0.3, -0.25) is 19.2 Å². The van der Waals surface area contributed by atoms with E-state index in [4.69, 9.17) is 4.74 Å². The molecule has 0 amide bonds. The summed E-state index contributed by atoms with van der Waals surface area (Å²) in [7, 11) is 1.61. The largest absolute Gasteiger partial charge is 0.496 e. The van der Waals surface area contributed by atoms with E-state index >= 15 is 0 Å². The van der Waals surface area contributed by atoms with Gasteiger partial charge in [-0.2, -0.15) is 0 Å². The SMILES string of the molecule is COc1ccccc1CC(=O)CC(C)(CC(=O)C1CCC(C2Cc3ccccc3CC2=O)CC1)C(=O)C1CCC(C2CCCCC2)CC1. The van der Waals surface area contributed by atoms with E-state index in [-0.39, 0.29) is 54.4 Å². The third-order valence-corrected chi connectivity index (χ3v) is 12.9. The Morgan fingerprint density at radius 1 is 0.708 bits per heavy atom. The van der Waals surface area contributed by atoms with Crippen molar-refractivity contribution in [1.82, 2.24) is 0 Å². The fourth-order valence-electron chi connectivity index (χ4n) is 10.1. The molecule has 6 rings (SSSR count). The number of carbonyl (C=O) groups excluding carboxylic acids is 4. The Morgan fingerprint density at radius 3 is 2.02 bits per heavy atom. The maximum atomic E-state index is 14.5. The van der Waals surface area contributed by atoms with Gasteiger partial charge in [-0.05, 0) is 92.7 Å². The van der Waals surface area contributed by atoms with Gasteiger partial charge in [0, 0.05) is 54.4 Å². The average molecular weight is 653 g/mol. The van der Waals surface area contributed by atoms with E-state index < -0.39 is 5.41 Å². The van der Waals surface area contributed by atoms with Crippen molar-refractivity contribution >= 4 is 23.1 Å². The second-order valence-corrected chi connectivity index (χ2v) is 16.1. The minimum absolute atomic E-state index is 0.0150. The molecule has 0 heterocycles. The molecule has 5 heteroatoms. The number of carbonyl (C=O) groups is 4. The van der Waals surface area contributed by atoms with E-state index in [1.165, 1.54) is 37.7 Å². The van der Waals surface area contributed by atoms with Crippen LogP contribution in [-0.4, -0.2) is 30.2 Å². The molecule has 0 aromatic heterocycles. The Balaban J connectivity index is 1.11. The topological polar surface area (TPSA) is 77.5 Å². The molecule has 3 saturated carbocycles. The van der Waals surface area contributed by atoms with E-state index in [0.717, 1.165) is 74.8 Å². The zero-order chi connectivity index (χ0) is 33.7. The Labute approximate surface area is 288 Å². The molecule has 0 spiro atoms. The zero-order valence-corrected chi connectivity index (χ0v) is 29.4. The van der Waals surface area contributed by atoms with Gasteiger partial charge in [-0.1, -0.05) is 81.5 Å². The lowest BCUT2D eigenvalue weighted by Crippen LogP contribution is -2.41. The van der Waals surface area contributed by atoms with Crippen LogP contribution in [0.3, 0.4) is 0 Å². The van der Waals surface area contributed by atoms with Crippen molar-refractivity contribution in [3.05, 3.63) is 65.2 Å². The number of Topliss-reactive ketones (excluding diaryl/α,β-unsaturated/α-hetero) is 4. The predicted octanol–water partition coefficient (Wildman–Crippen LogP) is 8.91. The van der Waals surface area contributed by atoms with Crippen molar-refractivity contribution in [3.8, 4) is 5.75 Å². The first kappa shape index (κ1) is 34.8. The van der Waals surface area contributed by atoms with Crippen LogP contribution in [0.25, 0.3) is 0 Å². The number of hydrogen-bond acceptors (Lipinski definition) is 5. The lowest BCUT2D eigenvalue weighted by molar-refractivity contribution is -0.142. The van der Waals surface area contributed by atoms with Gasteiger partial charge in [-0.15, -0.1) is 0 Å². The van der Waals surface area contributed by atoms with Gasteiger partial charge in [0.25, 0.3) is 0 Å². The molecular weight excluding hydrogens is 596 g/mol. The molecule has 2 aromatic carbocycles. The van der Waals surface area contributed by atoms with Gasteiger partial charge in [0.2, 0.25) is 0 Å². The molecule has 48 heavy (non-hydrogen) atoms. The number of benzene rings is 2. The fraction of sp³-hybridized carbons (Fsp3) is 0.628. The average Bonchev–Trinajstić information content (AvgIpc) is 3.11. The van der Waals surface area contributed by atoms with Crippen molar-refractivity contribution in [2.75, 3.05) is 7.11 Å². The summed E-state index contributed by atoms with van der Waals surface area (Å²) in [6, 6.07) is 15.8. The second kappa shape index (κ2) is 15.6. The molecule has 2 aromatic rings. The van der Waals surface area contributed by atoms with Gasteiger partial charge in [0.1, 0.15) is 28.9 Å². The van der Waals surface area contributed by atoms with Crippen molar-refractivity contribution in [2.24, 2.45) is 40.9 Å². The van der Waals surface area contributed by atoms with Crippen LogP contribution in [0.4, 0.5) is 0 Å². The van der Waals surface area contributed by atoms with Crippen LogP contribution in [0.1, 0.15) is 120 Å². The molecule has 0 N–H and O–H groups in total. The summed E-state index contributed by atoms with van der Waals surface area (Å²) in [5.74, 6) is 2.96. The third kappa shape index (κ3) is 8.03. The molecular formula is C43H56O5. The first-order chi connectivity index (χ1) is 23.2. The normalized spacial score (nSPS) is 27.8. The smallest absolute Gasteiger partial charge is 0.142 e. The summed E-state index contributed by atoms with van der Waals surface area (Å²) in [5, 5.41) is 0. The van der Waals surface area contributed by atoms with E-state index in [9.17, 15) is 19.2 Å². The van der Waals surface area contributed by atoms with E-state index in [1.54, 1.807) is 7.11 Å². The maximum absolute atomic E-state index is 14.5. The highest BCUT2D eigenvalue weighted by Crippen LogP contribution is 2.45. The van der Waals surface area contributed by atoms with Crippen LogP contribution in [-0.2, 0) is 38.4 Å². The van der Waals surface area contributed by atoms with Crippen LogP contribution in [0.15, 0.2) is 48.5 Å². The number of fused-ring (bicyclic) bond motifs is 1. The number of ketones is 4. The van der Waals surface area contributed by atoms with Crippen LogP contribution in [0.2, 0.25) is 0 Å². The van der Waals surface area contributed by atoms with Gasteiger partial charge >= 0.3 is 0 Å². The zero-order valence-electron chi connectivity index (χ0n) is 29.4. The Kier molecular flexibility index (Phi) is 11.3. The van der Waals surface area contributed by atoms with Crippen LogP contribution in [0.5, 0.6) is 5.75 Å². The highest BCUT2D eigenvalue weighted by Gasteiger charge is 2.44. The summed E-state index contributed by atoms with van der Waals surface area (Å²) in [6.45, 7) is 1.91. The molecule has 0 radical (unpaired) electrons. The molecule has 2 atom stereocenters. The molecule has 5 nitrogen and oxygen atoms in total. The predicted molar refractivity (Wildman–Crippen MR) is 189 cm³/mol. The highest BCUT2D eigenvalue weighted by atomic mass is 16.5. The van der Waals surface area contributed by atoms with Crippen molar-refractivity contribution in [1.29, 1.82) is 0 Å². The minimum atomic E-state index is -1.00. The van der Waals surface area contributed by atoms with Gasteiger partial charge in [0.15, 0.2) is 0 Å². The first-order valence-electron chi connectivity index (χ1n) is 19.0. The van der Waals surface area contributed by atoms with E-state index in [0.29, 0.717) is 29.8 Å². The summed E-state index contributed by atoms with van der Waals surface area (Å²) >= 11 is 0. The molecule has 3 fully saturated rings. The molecule has 4 aliphatic rings. The second-order valence-electron chi connectivity index (χ2n) is 16.1. The molecule has 2 unspecified atom stereocenters. The summed E-state index contributed by atoms with van der Waals surface area (Å²) in [6.07, 6.45) is 15.7. The van der Waals surface area contributed by atoms with Crippen molar-refractivity contribution < 1.29 is 23.9 Å². The number of ether oxygens (including phenoxy) is 1. The lowest BCUT2D eigenvalue weighted by Gasteiger charge is -2.39. The van der Waals surface area contributed by atoms with Crippen LogP contribution >= 0.6 is 0 Å². The Bertz CT molecular complexity index is 1450. The standard InChI is InChI=1S/C43H56O5/c1-43(27-37(44)24-36-14-8-9-15-41(36)48-2,42(47)33-22-16-30(17-23-33)29-10-4-3-5-11-29)28-40(46)32-20-18-31(19-21-32)38-25-34-12-6-7-13-35(34)26-39(38)45/h6-9,12-15,29-33,38H,3-5,10-11,16-28H2,1-2H3. The number of methoxy groups -OCH3 is 1.